The van der Waals surface area contributed by atoms with Crippen LogP contribution in [0.3, 0.4) is 0 Å². The molecule has 0 saturated carbocycles. The standard InChI is InChI=1S/C12H17ClN2O3S/c1-8-5-10(13)12(6-11(8)14)19(16,17)15-4-3-9(7-15)18-2/h5-6,9H,3-4,7,14H2,1-2H3. The van der Waals surface area contributed by atoms with Crippen LogP contribution in [-0.2, 0) is 14.8 Å². The molecule has 2 N–H and O–H groups in total. The highest BCUT2D eigenvalue weighted by Crippen LogP contribution is 2.31. The van der Waals surface area contributed by atoms with Crippen LogP contribution in [0.2, 0.25) is 5.02 Å². The normalized spacial score (nSPS) is 20.9. The van der Waals surface area contributed by atoms with Crippen molar-refractivity contribution in [1.82, 2.24) is 4.31 Å². The summed E-state index contributed by atoms with van der Waals surface area (Å²) < 4.78 is 31.6. The molecule has 1 aromatic rings. The number of hydrogen-bond donors (Lipinski definition) is 1. The van der Waals surface area contributed by atoms with E-state index in [1.54, 1.807) is 20.1 Å². The van der Waals surface area contributed by atoms with E-state index in [0.29, 0.717) is 25.2 Å². The Morgan fingerprint density at radius 2 is 2.16 bits per heavy atom. The highest BCUT2D eigenvalue weighted by molar-refractivity contribution is 7.89. The molecule has 1 unspecified atom stereocenters. The minimum atomic E-state index is -3.61. The SMILES string of the molecule is COC1CCN(S(=O)(=O)c2cc(N)c(C)cc2Cl)C1. The van der Waals surface area contributed by atoms with Crippen LogP contribution in [0.4, 0.5) is 5.69 Å². The maximum atomic E-state index is 12.5. The second kappa shape index (κ2) is 5.28. The molecule has 7 heteroatoms. The Bertz CT molecular complexity index is 589. The summed E-state index contributed by atoms with van der Waals surface area (Å²) in [5.41, 5.74) is 6.96. The van der Waals surface area contributed by atoms with Crippen LogP contribution in [0, 0.1) is 6.92 Å². The molecule has 1 atom stereocenters. The zero-order valence-corrected chi connectivity index (χ0v) is 12.5. The Balaban J connectivity index is 2.38. The second-order valence-electron chi connectivity index (χ2n) is 4.65. The van der Waals surface area contributed by atoms with Gasteiger partial charge < -0.3 is 10.5 Å². The summed E-state index contributed by atoms with van der Waals surface area (Å²) in [7, 11) is -2.03. The first kappa shape index (κ1) is 14.6. The zero-order chi connectivity index (χ0) is 14.2. The topological polar surface area (TPSA) is 72.6 Å². The number of benzene rings is 1. The van der Waals surface area contributed by atoms with Crippen molar-refractivity contribution in [1.29, 1.82) is 0 Å². The van der Waals surface area contributed by atoms with E-state index in [4.69, 9.17) is 22.1 Å². The van der Waals surface area contributed by atoms with E-state index in [0.717, 1.165) is 5.56 Å². The molecule has 0 radical (unpaired) electrons. The van der Waals surface area contributed by atoms with Crippen LogP contribution in [0.5, 0.6) is 0 Å². The Morgan fingerprint density at radius 3 is 2.74 bits per heavy atom. The number of hydrogen-bond acceptors (Lipinski definition) is 4. The molecule has 106 valence electrons. The molecule has 1 aliphatic rings. The van der Waals surface area contributed by atoms with Crippen molar-refractivity contribution in [2.24, 2.45) is 0 Å². The van der Waals surface area contributed by atoms with Gasteiger partial charge in [-0.1, -0.05) is 11.6 Å². The molecule has 1 aliphatic heterocycles. The third kappa shape index (κ3) is 2.72. The van der Waals surface area contributed by atoms with E-state index in [2.05, 4.69) is 0 Å². The Kier molecular flexibility index (Phi) is 4.06. The average molecular weight is 305 g/mol. The largest absolute Gasteiger partial charge is 0.398 e. The average Bonchev–Trinajstić information content (AvgIpc) is 2.83. The summed E-state index contributed by atoms with van der Waals surface area (Å²) in [5, 5.41) is 0.201. The van der Waals surface area contributed by atoms with Gasteiger partial charge in [0.2, 0.25) is 10.0 Å². The van der Waals surface area contributed by atoms with Crippen LogP contribution in [0.15, 0.2) is 17.0 Å². The lowest BCUT2D eigenvalue weighted by Gasteiger charge is -2.18. The molecule has 0 amide bonds. The van der Waals surface area contributed by atoms with Gasteiger partial charge in [0.15, 0.2) is 0 Å². The van der Waals surface area contributed by atoms with E-state index >= 15 is 0 Å². The van der Waals surface area contributed by atoms with Crippen LogP contribution in [-0.4, -0.2) is 39.0 Å². The van der Waals surface area contributed by atoms with Crippen molar-refractivity contribution < 1.29 is 13.2 Å². The smallest absolute Gasteiger partial charge is 0.244 e. The molecular formula is C12H17ClN2O3S. The predicted octanol–water partition coefficient (Wildman–Crippen LogP) is 1.64. The van der Waals surface area contributed by atoms with Gasteiger partial charge in [-0.15, -0.1) is 0 Å². The minimum absolute atomic E-state index is 0.0589. The van der Waals surface area contributed by atoms with Gasteiger partial charge >= 0.3 is 0 Å². The first-order chi connectivity index (χ1) is 8.86. The van der Waals surface area contributed by atoms with Crippen LogP contribution in [0.25, 0.3) is 0 Å². The minimum Gasteiger partial charge on any atom is -0.398 e. The van der Waals surface area contributed by atoms with Gasteiger partial charge in [0.1, 0.15) is 4.90 Å². The summed E-state index contributed by atoms with van der Waals surface area (Å²) in [5.74, 6) is 0. The molecule has 19 heavy (non-hydrogen) atoms. The van der Waals surface area contributed by atoms with E-state index in [1.807, 2.05) is 0 Å². The van der Waals surface area contributed by atoms with Gasteiger partial charge in [0.05, 0.1) is 11.1 Å². The number of nitrogens with zero attached hydrogens (tertiary/aromatic N) is 1. The maximum absolute atomic E-state index is 12.5. The fourth-order valence-corrected chi connectivity index (χ4v) is 4.19. The highest BCUT2D eigenvalue weighted by atomic mass is 35.5. The van der Waals surface area contributed by atoms with Gasteiger partial charge in [-0.3, -0.25) is 0 Å². The fraction of sp³-hybridized carbons (Fsp3) is 0.500. The summed E-state index contributed by atoms with van der Waals surface area (Å²) in [6.07, 6.45) is 0.630. The number of methoxy groups -OCH3 is 1. The Labute approximate surface area is 118 Å². The van der Waals surface area contributed by atoms with Crippen molar-refractivity contribution in [2.45, 2.75) is 24.3 Å². The number of rotatable bonds is 3. The van der Waals surface area contributed by atoms with Crippen molar-refractivity contribution in [3.8, 4) is 0 Å². The van der Waals surface area contributed by atoms with E-state index in [9.17, 15) is 8.42 Å². The van der Waals surface area contributed by atoms with Crippen LogP contribution < -0.4 is 5.73 Å². The van der Waals surface area contributed by atoms with E-state index < -0.39 is 10.0 Å². The van der Waals surface area contributed by atoms with Crippen molar-refractivity contribution in [2.75, 3.05) is 25.9 Å². The Morgan fingerprint density at radius 1 is 1.47 bits per heavy atom. The molecule has 0 spiro atoms. The van der Waals surface area contributed by atoms with Crippen molar-refractivity contribution >= 4 is 27.3 Å². The van der Waals surface area contributed by atoms with E-state index in [1.165, 1.54) is 10.4 Å². The number of halogens is 1. The molecule has 1 aromatic carbocycles. The summed E-state index contributed by atoms with van der Waals surface area (Å²) >= 11 is 6.04. The molecule has 2 rings (SSSR count). The summed E-state index contributed by atoms with van der Waals surface area (Å²) in [4.78, 5) is 0.0639. The molecule has 0 aliphatic carbocycles. The number of nitrogen functional groups attached to an aromatic ring is 1. The number of sulfonamides is 1. The molecule has 1 heterocycles. The molecule has 1 saturated heterocycles. The third-order valence-electron chi connectivity index (χ3n) is 3.38. The first-order valence-corrected chi connectivity index (χ1v) is 7.76. The number of nitrogens with two attached hydrogens (primary N) is 1. The molecule has 0 bridgehead atoms. The third-order valence-corrected chi connectivity index (χ3v) is 5.71. The fourth-order valence-electron chi connectivity index (χ4n) is 2.11. The van der Waals surface area contributed by atoms with Crippen LogP contribution in [0.1, 0.15) is 12.0 Å². The number of aryl methyl sites for hydroxylation is 1. The monoisotopic (exact) mass is 304 g/mol. The van der Waals surface area contributed by atoms with Crippen LogP contribution >= 0.6 is 11.6 Å². The molecule has 5 nitrogen and oxygen atoms in total. The van der Waals surface area contributed by atoms with Crippen molar-refractivity contribution in [3.05, 3.63) is 22.7 Å². The summed E-state index contributed by atoms with van der Waals surface area (Å²) in [6, 6.07) is 3.00. The first-order valence-electron chi connectivity index (χ1n) is 5.95. The van der Waals surface area contributed by atoms with Gasteiger partial charge in [0.25, 0.3) is 0 Å². The quantitative estimate of drug-likeness (QED) is 0.862. The predicted molar refractivity (Wildman–Crippen MR) is 74.8 cm³/mol. The second-order valence-corrected chi connectivity index (χ2v) is 6.96. The van der Waals surface area contributed by atoms with Gasteiger partial charge in [-0.25, -0.2) is 8.42 Å². The zero-order valence-electron chi connectivity index (χ0n) is 10.9. The number of anilines is 1. The lowest BCUT2D eigenvalue weighted by molar-refractivity contribution is 0.115. The molecular weight excluding hydrogens is 288 g/mol. The highest BCUT2D eigenvalue weighted by Gasteiger charge is 2.34. The van der Waals surface area contributed by atoms with Crippen molar-refractivity contribution in [3.63, 3.8) is 0 Å². The lowest BCUT2D eigenvalue weighted by atomic mass is 10.2. The van der Waals surface area contributed by atoms with Gasteiger partial charge in [-0.2, -0.15) is 4.31 Å². The van der Waals surface area contributed by atoms with Gasteiger partial charge in [-0.05, 0) is 31.0 Å². The van der Waals surface area contributed by atoms with E-state index in [-0.39, 0.29) is 16.0 Å². The molecule has 1 fully saturated rings. The number of ether oxygens (including phenoxy) is 1. The lowest BCUT2D eigenvalue weighted by Crippen LogP contribution is -2.30. The van der Waals surface area contributed by atoms with Gasteiger partial charge in [0, 0.05) is 25.9 Å². The molecule has 0 aromatic heterocycles. The summed E-state index contributed by atoms with van der Waals surface area (Å²) in [6.45, 7) is 2.57. The Hall–Kier alpha value is -0.820. The maximum Gasteiger partial charge on any atom is 0.244 e.